The number of pyridine rings is 1. The Balaban J connectivity index is 1.27. The molecule has 0 N–H and O–H groups in total. The summed E-state index contributed by atoms with van der Waals surface area (Å²) in [6.45, 7) is 9.67. The summed E-state index contributed by atoms with van der Waals surface area (Å²) in [5.74, 6) is 2.50. The number of ether oxygens (including phenoxy) is 1. The highest BCUT2D eigenvalue weighted by Gasteiger charge is 2.33. The molecule has 0 spiro atoms. The Hall–Kier alpha value is -4.77. The van der Waals surface area contributed by atoms with Crippen molar-refractivity contribution in [2.45, 2.75) is 33.2 Å². The molecule has 40 heavy (non-hydrogen) atoms. The Morgan fingerprint density at radius 1 is 0.700 bits per heavy atom. The molecule has 7 rings (SSSR count). The van der Waals surface area contributed by atoms with Gasteiger partial charge in [0, 0.05) is 40.3 Å². The number of anilines is 3. The largest absolute Gasteiger partial charge is 0.457 e. The Labute approximate surface area is 234 Å². The van der Waals surface area contributed by atoms with Crippen LogP contribution in [0.25, 0.3) is 27.6 Å². The number of rotatable bonds is 4. The van der Waals surface area contributed by atoms with Gasteiger partial charge in [0.05, 0.1) is 29.1 Å². The highest BCUT2D eigenvalue weighted by Crippen LogP contribution is 2.44. The van der Waals surface area contributed by atoms with E-state index in [4.69, 9.17) is 9.72 Å². The maximum absolute atomic E-state index is 6.51. The van der Waals surface area contributed by atoms with Crippen LogP contribution in [0.2, 0.25) is 0 Å². The van der Waals surface area contributed by atoms with Crippen molar-refractivity contribution in [2.75, 3.05) is 16.5 Å². The Kier molecular flexibility index (Phi) is 5.56. The van der Waals surface area contributed by atoms with Gasteiger partial charge in [0.25, 0.3) is 0 Å². The third-order valence-corrected chi connectivity index (χ3v) is 7.70. The molecule has 5 nitrogen and oxygen atoms in total. The molecule has 0 aliphatic carbocycles. The van der Waals surface area contributed by atoms with Gasteiger partial charge in [-0.05, 0) is 87.9 Å². The zero-order valence-corrected chi connectivity index (χ0v) is 23.3. The van der Waals surface area contributed by atoms with Gasteiger partial charge in [-0.15, -0.1) is 0 Å². The van der Waals surface area contributed by atoms with Crippen LogP contribution in [-0.4, -0.2) is 21.8 Å². The molecule has 1 aliphatic rings. The van der Waals surface area contributed by atoms with Crippen molar-refractivity contribution >= 4 is 38.9 Å². The van der Waals surface area contributed by atoms with Gasteiger partial charge >= 0.3 is 0 Å². The van der Waals surface area contributed by atoms with Crippen LogP contribution in [0, 0.1) is 6.92 Å². The van der Waals surface area contributed by atoms with E-state index in [9.17, 15) is 0 Å². The van der Waals surface area contributed by atoms with E-state index in [2.05, 4.69) is 133 Å². The zero-order valence-electron chi connectivity index (χ0n) is 23.3. The monoisotopic (exact) mass is 524 g/mol. The van der Waals surface area contributed by atoms with E-state index in [0.29, 0.717) is 0 Å². The minimum atomic E-state index is 0.0129. The van der Waals surface area contributed by atoms with Crippen molar-refractivity contribution in [2.24, 2.45) is 0 Å². The number of nitrogens with zero attached hydrogens (tertiary/aromatic N) is 4. The molecule has 4 aromatic carbocycles. The summed E-state index contributed by atoms with van der Waals surface area (Å²) in [7, 11) is 0. The normalized spacial score (nSPS) is 13.3. The highest BCUT2D eigenvalue weighted by atomic mass is 16.5. The number of para-hydroxylation sites is 3. The van der Waals surface area contributed by atoms with Crippen molar-refractivity contribution in [3.63, 3.8) is 0 Å². The van der Waals surface area contributed by atoms with Gasteiger partial charge in [-0.2, -0.15) is 0 Å². The number of fused-ring (bicyclic) bond motifs is 4. The fraction of sp³-hybridized carbons (Fsp3) is 0.171. The molecule has 0 bridgehead atoms. The number of benzene rings is 4. The standard InChI is InChI=1S/C35H32N4O/c1-24-18-19-36-34(20-24)39-30-13-6-5-12-28(30)29-17-16-27(22-33(29)39)40-26-11-9-10-25(21-26)37-23-38(35(2,3)4)32-15-8-7-14-31(32)37/h5-22H,23H2,1-4H3. The lowest BCUT2D eigenvalue weighted by Gasteiger charge is -2.34. The number of aromatic nitrogens is 2. The number of hydrogen-bond donors (Lipinski definition) is 0. The van der Waals surface area contributed by atoms with Gasteiger partial charge in [0.2, 0.25) is 0 Å². The molecule has 0 amide bonds. The van der Waals surface area contributed by atoms with E-state index in [1.165, 1.54) is 27.7 Å². The summed E-state index contributed by atoms with van der Waals surface area (Å²) in [4.78, 5) is 9.51. The third kappa shape index (κ3) is 4.06. The van der Waals surface area contributed by atoms with Crippen LogP contribution in [0.3, 0.4) is 0 Å². The third-order valence-electron chi connectivity index (χ3n) is 7.70. The van der Waals surface area contributed by atoms with Gasteiger partial charge in [-0.3, -0.25) is 4.57 Å². The van der Waals surface area contributed by atoms with Crippen LogP contribution >= 0.6 is 0 Å². The average molecular weight is 525 g/mol. The van der Waals surface area contributed by atoms with E-state index >= 15 is 0 Å². The van der Waals surface area contributed by atoms with E-state index in [1.54, 1.807) is 0 Å². The lowest BCUT2D eigenvalue weighted by atomic mass is 10.1. The van der Waals surface area contributed by atoms with E-state index in [0.717, 1.165) is 40.7 Å². The Bertz CT molecular complexity index is 1880. The first-order valence-electron chi connectivity index (χ1n) is 13.8. The van der Waals surface area contributed by atoms with Crippen LogP contribution in [0.15, 0.2) is 109 Å². The lowest BCUT2D eigenvalue weighted by molar-refractivity contribution is 0.483. The lowest BCUT2D eigenvalue weighted by Crippen LogP contribution is -2.42. The molecular weight excluding hydrogens is 492 g/mol. The van der Waals surface area contributed by atoms with Gasteiger partial charge < -0.3 is 14.5 Å². The van der Waals surface area contributed by atoms with Crippen LogP contribution in [0.5, 0.6) is 11.5 Å². The molecule has 0 fully saturated rings. The molecule has 3 heterocycles. The second-order valence-electron chi connectivity index (χ2n) is 11.5. The van der Waals surface area contributed by atoms with Crippen LogP contribution in [0.1, 0.15) is 26.3 Å². The summed E-state index contributed by atoms with van der Waals surface area (Å²) in [6.07, 6.45) is 1.87. The molecule has 0 saturated heterocycles. The van der Waals surface area contributed by atoms with Gasteiger partial charge in [0.1, 0.15) is 17.3 Å². The minimum Gasteiger partial charge on any atom is -0.457 e. The van der Waals surface area contributed by atoms with Crippen molar-refractivity contribution in [3.05, 3.63) is 115 Å². The summed E-state index contributed by atoms with van der Waals surface area (Å²) in [5, 5.41) is 2.38. The number of aryl methyl sites for hydroxylation is 1. The summed E-state index contributed by atoms with van der Waals surface area (Å²) >= 11 is 0. The predicted octanol–water partition coefficient (Wildman–Crippen LogP) is 8.99. The summed E-state index contributed by atoms with van der Waals surface area (Å²) in [5.41, 5.74) is 6.96. The minimum absolute atomic E-state index is 0.0129. The first kappa shape index (κ1) is 24.3. The van der Waals surface area contributed by atoms with Crippen molar-refractivity contribution < 1.29 is 4.74 Å². The second kappa shape index (κ2) is 9.16. The molecule has 198 valence electrons. The molecular formula is C35H32N4O. The van der Waals surface area contributed by atoms with Crippen LogP contribution < -0.4 is 14.5 Å². The Morgan fingerprint density at radius 3 is 2.27 bits per heavy atom. The maximum Gasteiger partial charge on any atom is 0.137 e. The SMILES string of the molecule is Cc1ccnc(-n2c3ccccc3c3ccc(Oc4cccc(N5CN(C(C)(C)C)c6ccccc65)c4)cc32)c1. The predicted molar refractivity (Wildman–Crippen MR) is 166 cm³/mol. The first-order valence-corrected chi connectivity index (χ1v) is 13.8. The smallest absolute Gasteiger partial charge is 0.137 e. The molecule has 1 aliphatic heterocycles. The molecule has 0 saturated carbocycles. The molecule has 0 radical (unpaired) electrons. The van der Waals surface area contributed by atoms with E-state index in [-0.39, 0.29) is 5.54 Å². The van der Waals surface area contributed by atoms with Crippen LogP contribution in [0.4, 0.5) is 17.1 Å². The number of hydrogen-bond acceptors (Lipinski definition) is 4. The van der Waals surface area contributed by atoms with E-state index < -0.39 is 0 Å². The quantitative estimate of drug-likeness (QED) is 0.230. The zero-order chi connectivity index (χ0) is 27.4. The van der Waals surface area contributed by atoms with Gasteiger partial charge in [-0.1, -0.05) is 36.4 Å². The topological polar surface area (TPSA) is 33.5 Å². The summed E-state index contributed by atoms with van der Waals surface area (Å²) < 4.78 is 8.73. The average Bonchev–Trinajstić information content (AvgIpc) is 3.50. The highest BCUT2D eigenvalue weighted by molar-refractivity contribution is 6.09. The van der Waals surface area contributed by atoms with Crippen molar-refractivity contribution in [3.8, 4) is 17.3 Å². The van der Waals surface area contributed by atoms with Gasteiger partial charge in [0.15, 0.2) is 0 Å². The fourth-order valence-electron chi connectivity index (χ4n) is 5.76. The van der Waals surface area contributed by atoms with E-state index in [1.807, 2.05) is 18.3 Å². The molecule has 0 unspecified atom stereocenters. The Morgan fingerprint density at radius 2 is 1.45 bits per heavy atom. The van der Waals surface area contributed by atoms with Crippen molar-refractivity contribution in [1.82, 2.24) is 9.55 Å². The van der Waals surface area contributed by atoms with Crippen molar-refractivity contribution in [1.29, 1.82) is 0 Å². The fourth-order valence-corrected chi connectivity index (χ4v) is 5.76. The maximum atomic E-state index is 6.51. The van der Waals surface area contributed by atoms with Gasteiger partial charge in [-0.25, -0.2) is 4.98 Å². The first-order chi connectivity index (χ1) is 19.4. The second-order valence-corrected chi connectivity index (χ2v) is 11.5. The molecule has 2 aromatic heterocycles. The molecule has 5 heteroatoms. The molecule has 0 atom stereocenters. The summed E-state index contributed by atoms with van der Waals surface area (Å²) in [6, 6.07) is 36.0. The van der Waals surface area contributed by atoms with Crippen LogP contribution in [-0.2, 0) is 0 Å². The molecule has 6 aromatic rings.